The molecule has 1 amide bonds. The Bertz CT molecular complexity index is 2290. The molecule has 0 aliphatic carbocycles. The summed E-state index contributed by atoms with van der Waals surface area (Å²) in [5.41, 5.74) is 4.60. The highest BCUT2D eigenvalue weighted by Gasteiger charge is 2.49. The van der Waals surface area contributed by atoms with Crippen LogP contribution < -0.4 is 14.4 Å². The van der Waals surface area contributed by atoms with E-state index in [9.17, 15) is 14.7 Å². The monoisotopic (exact) mass is 723 g/mol. The van der Waals surface area contributed by atoms with Crippen molar-refractivity contribution >= 4 is 62.9 Å². The summed E-state index contributed by atoms with van der Waals surface area (Å²) in [4.78, 5) is 33.9. The summed E-state index contributed by atoms with van der Waals surface area (Å²) in [5, 5.41) is 21.4. The lowest BCUT2D eigenvalue weighted by Gasteiger charge is -2.23. The number of hydrogen-bond acceptors (Lipinski definition) is 10. The summed E-state index contributed by atoms with van der Waals surface area (Å²) >= 11 is 8.94. The first-order valence-electron chi connectivity index (χ1n) is 15.5. The number of Topliss-reactive ketones (excluding diaryl/α,β-unsaturated/α-hetero) is 1. The number of imidazole rings is 1. The Labute approximate surface area is 301 Å². The molecular weight excluding hydrogens is 694 g/mol. The maximum absolute atomic E-state index is 14.0. The normalized spacial score (nSPS) is 15.6. The summed E-state index contributed by atoms with van der Waals surface area (Å²) in [6.45, 7) is 4.02. The van der Waals surface area contributed by atoms with Crippen LogP contribution >= 0.6 is 34.7 Å². The number of aryl methyl sites for hydroxylation is 2. The van der Waals surface area contributed by atoms with Gasteiger partial charge in [0.1, 0.15) is 17.9 Å². The van der Waals surface area contributed by atoms with Crippen LogP contribution in [-0.4, -0.2) is 43.5 Å². The maximum atomic E-state index is 14.0. The molecule has 1 fully saturated rings. The number of aliphatic hydroxyl groups excluding tert-OH is 1. The largest absolute Gasteiger partial charge is 0.505 e. The lowest BCUT2D eigenvalue weighted by atomic mass is 9.96. The summed E-state index contributed by atoms with van der Waals surface area (Å²) < 4.78 is 14.2. The van der Waals surface area contributed by atoms with E-state index >= 15 is 0 Å². The molecule has 1 unspecified atom stereocenters. The zero-order chi connectivity index (χ0) is 34.9. The van der Waals surface area contributed by atoms with Gasteiger partial charge in [0.2, 0.25) is 5.13 Å². The van der Waals surface area contributed by atoms with E-state index in [1.807, 2.05) is 84.3 Å². The van der Waals surface area contributed by atoms with Crippen molar-refractivity contribution in [1.29, 1.82) is 0 Å². The van der Waals surface area contributed by atoms with Crippen LogP contribution in [-0.2, 0) is 21.9 Å². The quantitative estimate of drug-likeness (QED) is 0.0494. The van der Waals surface area contributed by atoms with Crippen LogP contribution in [0.5, 0.6) is 11.5 Å². The minimum Gasteiger partial charge on any atom is -0.505 e. The van der Waals surface area contributed by atoms with E-state index in [-0.39, 0.29) is 16.4 Å². The average Bonchev–Trinajstić information content (AvgIpc) is 3.81. The van der Waals surface area contributed by atoms with Crippen LogP contribution in [0.3, 0.4) is 0 Å². The molecule has 0 spiro atoms. The molecule has 6 aromatic rings. The van der Waals surface area contributed by atoms with E-state index in [2.05, 4.69) is 10.2 Å². The molecule has 3 aromatic carbocycles. The van der Waals surface area contributed by atoms with Gasteiger partial charge in [-0.3, -0.25) is 14.5 Å². The zero-order valence-corrected chi connectivity index (χ0v) is 29.6. The molecule has 13 heteroatoms. The molecule has 10 nitrogen and oxygen atoms in total. The Morgan fingerprint density at radius 2 is 1.76 bits per heavy atom. The van der Waals surface area contributed by atoms with Crippen molar-refractivity contribution in [2.45, 2.75) is 36.6 Å². The number of ketones is 1. The maximum Gasteiger partial charge on any atom is 0.301 e. The number of benzene rings is 3. The van der Waals surface area contributed by atoms with Gasteiger partial charge in [0.15, 0.2) is 21.6 Å². The Balaban J connectivity index is 1.31. The molecule has 1 aliphatic heterocycles. The number of halogens is 1. The number of rotatable bonds is 10. The summed E-state index contributed by atoms with van der Waals surface area (Å²) in [7, 11) is 1.51. The molecular formula is C37H30ClN5O5S2. The van der Waals surface area contributed by atoms with Gasteiger partial charge in [0.05, 0.1) is 24.4 Å². The standard InChI is InChI=1S/C37H30ClN5O5S2/c1-21-10-9-17-42-22(2)30(39-34(21)42)32(44)29-31(24-15-16-27(28(18-24)47-3)48-19-23-11-5-4-6-12-23)43(35(46)33(29)45)36-40-41-37(50-36)49-20-25-13-7-8-14-26(25)38/h4-18,31,44H,19-20H2,1-3H3. The number of hydrogen-bond donors (Lipinski definition) is 1. The van der Waals surface area contributed by atoms with Crippen molar-refractivity contribution in [2.24, 2.45) is 0 Å². The Hall–Kier alpha value is -5.17. The average molecular weight is 724 g/mol. The fourth-order valence-corrected chi connectivity index (χ4v) is 7.99. The third-order valence-electron chi connectivity index (χ3n) is 8.40. The number of carbonyl (C=O) groups excluding carboxylic acids is 2. The van der Waals surface area contributed by atoms with Crippen LogP contribution in [0.25, 0.3) is 11.4 Å². The first kappa shape index (κ1) is 33.3. The van der Waals surface area contributed by atoms with Crippen LogP contribution in [0.15, 0.2) is 101 Å². The zero-order valence-electron chi connectivity index (χ0n) is 27.2. The number of anilines is 1. The Morgan fingerprint density at radius 1 is 0.980 bits per heavy atom. The number of aliphatic hydroxyl groups is 1. The summed E-state index contributed by atoms with van der Waals surface area (Å²) in [6, 6.07) is 25.1. The van der Waals surface area contributed by atoms with Gasteiger partial charge in [-0.15, -0.1) is 10.2 Å². The number of pyridine rings is 1. The van der Waals surface area contributed by atoms with Crippen molar-refractivity contribution in [3.05, 3.63) is 135 Å². The lowest BCUT2D eigenvalue weighted by molar-refractivity contribution is -0.132. The highest BCUT2D eigenvalue weighted by Crippen LogP contribution is 2.46. The fraction of sp³-hybridized carbons (Fsp3) is 0.162. The van der Waals surface area contributed by atoms with Crippen LogP contribution in [0.4, 0.5) is 5.13 Å². The molecule has 0 radical (unpaired) electrons. The van der Waals surface area contributed by atoms with Gasteiger partial charge in [-0.2, -0.15) is 0 Å². The van der Waals surface area contributed by atoms with Crippen LogP contribution in [0, 0.1) is 13.8 Å². The van der Waals surface area contributed by atoms with E-state index in [1.54, 1.807) is 25.1 Å². The first-order valence-corrected chi connectivity index (χ1v) is 17.7. The molecule has 1 N–H and O–H groups in total. The van der Waals surface area contributed by atoms with Gasteiger partial charge in [-0.25, -0.2) is 4.98 Å². The second-order valence-electron chi connectivity index (χ2n) is 11.5. The Morgan fingerprint density at radius 3 is 2.52 bits per heavy atom. The van der Waals surface area contributed by atoms with Crippen LogP contribution in [0.1, 0.15) is 39.7 Å². The van der Waals surface area contributed by atoms with Crippen molar-refractivity contribution in [3.8, 4) is 11.5 Å². The van der Waals surface area contributed by atoms with Crippen molar-refractivity contribution in [2.75, 3.05) is 12.0 Å². The molecule has 4 heterocycles. The highest BCUT2D eigenvalue weighted by molar-refractivity contribution is 8.00. The van der Waals surface area contributed by atoms with E-state index < -0.39 is 23.5 Å². The molecule has 1 aliphatic rings. The number of ether oxygens (including phenoxy) is 2. The molecule has 3 aromatic heterocycles. The number of amides is 1. The minimum atomic E-state index is -1.08. The third kappa shape index (κ3) is 6.21. The fourth-order valence-electron chi connectivity index (χ4n) is 5.84. The molecule has 1 atom stereocenters. The number of aromatic nitrogens is 4. The molecule has 0 saturated carbocycles. The SMILES string of the molecule is COc1cc(C2C(=C(O)c3nc4c(C)cccn4c3C)C(=O)C(=O)N2c2nnc(SCc3ccccc3Cl)s2)ccc1OCc1ccccc1. The molecule has 252 valence electrons. The van der Waals surface area contributed by atoms with Crippen molar-refractivity contribution < 1.29 is 24.2 Å². The number of carbonyl (C=O) groups is 2. The molecule has 7 rings (SSSR count). The van der Waals surface area contributed by atoms with E-state index in [0.29, 0.717) is 50.1 Å². The van der Waals surface area contributed by atoms with Gasteiger partial charge in [-0.1, -0.05) is 95.4 Å². The number of thioether (sulfide) groups is 1. The topological polar surface area (TPSA) is 119 Å². The third-order valence-corrected chi connectivity index (χ3v) is 10.9. The van der Waals surface area contributed by atoms with E-state index in [4.69, 9.17) is 26.1 Å². The first-order chi connectivity index (χ1) is 24.2. The lowest BCUT2D eigenvalue weighted by Crippen LogP contribution is -2.29. The second kappa shape index (κ2) is 14.0. The number of fused-ring (bicyclic) bond motifs is 1. The number of nitrogens with zero attached hydrogens (tertiary/aromatic N) is 5. The molecule has 1 saturated heterocycles. The van der Waals surface area contributed by atoms with E-state index in [1.165, 1.54) is 35.1 Å². The van der Waals surface area contributed by atoms with Crippen LogP contribution in [0.2, 0.25) is 5.02 Å². The second-order valence-corrected chi connectivity index (χ2v) is 14.1. The van der Waals surface area contributed by atoms with E-state index in [0.717, 1.165) is 16.7 Å². The van der Waals surface area contributed by atoms with Crippen molar-refractivity contribution in [1.82, 2.24) is 19.6 Å². The Kier molecular flexibility index (Phi) is 9.32. The highest BCUT2D eigenvalue weighted by atomic mass is 35.5. The molecule has 50 heavy (non-hydrogen) atoms. The minimum absolute atomic E-state index is 0.125. The van der Waals surface area contributed by atoms with Gasteiger partial charge < -0.3 is 19.0 Å². The van der Waals surface area contributed by atoms with Crippen molar-refractivity contribution in [3.63, 3.8) is 0 Å². The smallest absolute Gasteiger partial charge is 0.301 e. The van der Waals surface area contributed by atoms with Gasteiger partial charge in [-0.05, 0) is 60.4 Å². The summed E-state index contributed by atoms with van der Waals surface area (Å²) in [5.74, 6) is -0.724. The van der Waals surface area contributed by atoms with Gasteiger partial charge in [0.25, 0.3) is 5.78 Å². The predicted octanol–water partition coefficient (Wildman–Crippen LogP) is 7.96. The summed E-state index contributed by atoms with van der Waals surface area (Å²) in [6.07, 6.45) is 1.83. The number of methoxy groups -OCH3 is 1. The van der Waals surface area contributed by atoms with Gasteiger partial charge >= 0.3 is 5.91 Å². The molecule has 0 bridgehead atoms. The van der Waals surface area contributed by atoms with Gasteiger partial charge in [0, 0.05) is 17.0 Å². The predicted molar refractivity (Wildman–Crippen MR) is 194 cm³/mol.